The second-order valence-corrected chi connectivity index (χ2v) is 8.91. The molecule has 0 spiro atoms. The normalized spacial score (nSPS) is 15.1. The van der Waals surface area contributed by atoms with Gasteiger partial charge in [0.1, 0.15) is 12.1 Å². The standard InChI is InChI=1S/C20H22N4O2S/c1-27(25,26)17-8-9-19-18(13-17)20(22-14-21-19)23-15-6-5-7-16(12-15)24-10-3-2-4-11-24/h5-9,12-14H,2-4,10-11H2,1H3,(H,21,22,23). The van der Waals surface area contributed by atoms with Crippen molar-refractivity contribution in [2.24, 2.45) is 0 Å². The highest BCUT2D eigenvalue weighted by Gasteiger charge is 2.13. The molecule has 0 unspecified atom stereocenters. The smallest absolute Gasteiger partial charge is 0.175 e. The number of anilines is 3. The average molecular weight is 382 g/mol. The summed E-state index contributed by atoms with van der Waals surface area (Å²) in [5, 5.41) is 4.02. The zero-order valence-electron chi connectivity index (χ0n) is 15.2. The average Bonchev–Trinajstić information content (AvgIpc) is 2.68. The lowest BCUT2D eigenvalue weighted by atomic mass is 10.1. The molecule has 0 amide bonds. The van der Waals surface area contributed by atoms with Crippen molar-refractivity contribution >= 4 is 37.9 Å². The number of fused-ring (bicyclic) bond motifs is 1. The van der Waals surface area contributed by atoms with Gasteiger partial charge in [0.25, 0.3) is 0 Å². The third kappa shape index (κ3) is 3.88. The number of aromatic nitrogens is 2. The molecule has 2 aromatic carbocycles. The fourth-order valence-electron chi connectivity index (χ4n) is 3.44. The van der Waals surface area contributed by atoms with E-state index in [1.54, 1.807) is 18.2 Å². The van der Waals surface area contributed by atoms with Crippen molar-refractivity contribution in [1.29, 1.82) is 0 Å². The summed E-state index contributed by atoms with van der Waals surface area (Å²) < 4.78 is 23.8. The van der Waals surface area contributed by atoms with Gasteiger partial charge in [0.2, 0.25) is 0 Å². The van der Waals surface area contributed by atoms with Gasteiger partial charge in [-0.15, -0.1) is 0 Å². The Bertz CT molecular complexity index is 1080. The quantitative estimate of drug-likeness (QED) is 0.740. The minimum Gasteiger partial charge on any atom is -0.371 e. The van der Waals surface area contributed by atoms with Crippen LogP contribution in [0.1, 0.15) is 19.3 Å². The highest BCUT2D eigenvalue weighted by atomic mass is 32.2. The van der Waals surface area contributed by atoms with Crippen molar-refractivity contribution in [1.82, 2.24) is 9.97 Å². The van der Waals surface area contributed by atoms with Crippen molar-refractivity contribution in [3.05, 3.63) is 48.8 Å². The first-order valence-corrected chi connectivity index (χ1v) is 11.0. The fourth-order valence-corrected chi connectivity index (χ4v) is 4.08. The van der Waals surface area contributed by atoms with Gasteiger partial charge in [-0.2, -0.15) is 0 Å². The SMILES string of the molecule is CS(=O)(=O)c1ccc2ncnc(Nc3cccc(N4CCCCC4)c3)c2c1. The molecule has 1 saturated heterocycles. The van der Waals surface area contributed by atoms with Crippen LogP contribution < -0.4 is 10.2 Å². The van der Waals surface area contributed by atoms with Crippen LogP contribution in [0.2, 0.25) is 0 Å². The van der Waals surface area contributed by atoms with E-state index in [-0.39, 0.29) is 4.90 Å². The molecule has 1 N–H and O–H groups in total. The van der Waals surface area contributed by atoms with Crippen molar-refractivity contribution in [2.75, 3.05) is 29.6 Å². The van der Waals surface area contributed by atoms with E-state index in [0.29, 0.717) is 16.7 Å². The predicted octanol–water partition coefficient (Wildman–Crippen LogP) is 3.77. The Morgan fingerprint density at radius 1 is 1.00 bits per heavy atom. The predicted molar refractivity (Wildman–Crippen MR) is 108 cm³/mol. The summed E-state index contributed by atoms with van der Waals surface area (Å²) in [5.41, 5.74) is 2.81. The summed E-state index contributed by atoms with van der Waals surface area (Å²) >= 11 is 0. The molecule has 0 bridgehead atoms. The molecule has 0 radical (unpaired) electrons. The molecule has 140 valence electrons. The first-order valence-electron chi connectivity index (χ1n) is 9.07. The minimum absolute atomic E-state index is 0.259. The second kappa shape index (κ2) is 7.15. The Morgan fingerprint density at radius 3 is 2.59 bits per heavy atom. The van der Waals surface area contributed by atoms with E-state index in [1.165, 1.54) is 37.5 Å². The lowest BCUT2D eigenvalue weighted by Crippen LogP contribution is -2.29. The maximum absolute atomic E-state index is 11.9. The van der Waals surface area contributed by atoms with Crippen LogP contribution in [0.25, 0.3) is 10.9 Å². The van der Waals surface area contributed by atoms with Gasteiger partial charge in [0, 0.05) is 36.1 Å². The van der Waals surface area contributed by atoms with Gasteiger partial charge in [-0.25, -0.2) is 18.4 Å². The van der Waals surface area contributed by atoms with Crippen LogP contribution in [0.5, 0.6) is 0 Å². The number of nitrogens with zero attached hydrogens (tertiary/aromatic N) is 3. The summed E-state index contributed by atoms with van der Waals surface area (Å²) in [4.78, 5) is 11.2. The van der Waals surface area contributed by atoms with E-state index < -0.39 is 9.84 Å². The van der Waals surface area contributed by atoms with E-state index in [9.17, 15) is 8.42 Å². The van der Waals surface area contributed by atoms with Crippen LogP contribution in [0, 0.1) is 0 Å². The molecule has 7 heteroatoms. The third-order valence-corrected chi connectivity index (χ3v) is 5.98. The number of nitrogens with one attached hydrogen (secondary N) is 1. The van der Waals surface area contributed by atoms with Crippen LogP contribution in [-0.4, -0.2) is 37.7 Å². The van der Waals surface area contributed by atoms with Gasteiger partial charge in [-0.3, -0.25) is 0 Å². The molecule has 4 rings (SSSR count). The van der Waals surface area contributed by atoms with Crippen LogP contribution in [0.4, 0.5) is 17.2 Å². The molecule has 27 heavy (non-hydrogen) atoms. The number of benzene rings is 2. The molecular weight excluding hydrogens is 360 g/mol. The molecule has 3 aromatic rings. The molecule has 0 aliphatic carbocycles. The minimum atomic E-state index is -3.30. The van der Waals surface area contributed by atoms with Gasteiger partial charge in [-0.05, 0) is 55.7 Å². The topological polar surface area (TPSA) is 75.2 Å². The summed E-state index contributed by atoms with van der Waals surface area (Å²) in [7, 11) is -3.30. The third-order valence-electron chi connectivity index (χ3n) is 4.87. The van der Waals surface area contributed by atoms with E-state index in [0.717, 1.165) is 18.8 Å². The number of rotatable bonds is 4. The van der Waals surface area contributed by atoms with E-state index in [2.05, 4.69) is 32.3 Å². The second-order valence-electron chi connectivity index (χ2n) is 6.90. The highest BCUT2D eigenvalue weighted by Crippen LogP contribution is 2.28. The van der Waals surface area contributed by atoms with Gasteiger partial charge in [0.05, 0.1) is 10.4 Å². The first kappa shape index (κ1) is 17.7. The van der Waals surface area contributed by atoms with Crippen LogP contribution in [-0.2, 0) is 9.84 Å². The highest BCUT2D eigenvalue weighted by molar-refractivity contribution is 7.90. The maximum Gasteiger partial charge on any atom is 0.175 e. The van der Waals surface area contributed by atoms with Gasteiger partial charge < -0.3 is 10.2 Å². The molecule has 1 fully saturated rings. The van der Waals surface area contributed by atoms with Crippen LogP contribution >= 0.6 is 0 Å². The van der Waals surface area contributed by atoms with Gasteiger partial charge >= 0.3 is 0 Å². The van der Waals surface area contributed by atoms with Gasteiger partial charge in [0.15, 0.2) is 9.84 Å². The van der Waals surface area contributed by atoms with Crippen molar-refractivity contribution in [2.45, 2.75) is 24.2 Å². The molecule has 1 aliphatic heterocycles. The Morgan fingerprint density at radius 2 is 1.81 bits per heavy atom. The molecule has 6 nitrogen and oxygen atoms in total. The van der Waals surface area contributed by atoms with E-state index >= 15 is 0 Å². The molecular formula is C20H22N4O2S. The lowest BCUT2D eigenvalue weighted by Gasteiger charge is -2.29. The molecule has 1 aromatic heterocycles. The summed E-state index contributed by atoms with van der Waals surface area (Å²) in [6, 6.07) is 13.2. The lowest BCUT2D eigenvalue weighted by molar-refractivity contribution is 0.578. The molecule has 0 saturated carbocycles. The number of hydrogen-bond acceptors (Lipinski definition) is 6. The number of piperidine rings is 1. The van der Waals surface area contributed by atoms with Crippen LogP contribution in [0.15, 0.2) is 53.7 Å². The molecule has 2 heterocycles. The zero-order chi connectivity index (χ0) is 18.9. The van der Waals surface area contributed by atoms with Crippen molar-refractivity contribution < 1.29 is 8.42 Å². The number of sulfone groups is 1. The summed E-state index contributed by atoms with van der Waals surface area (Å²) in [6.45, 7) is 2.16. The zero-order valence-corrected chi connectivity index (χ0v) is 16.0. The van der Waals surface area contributed by atoms with E-state index in [4.69, 9.17) is 0 Å². The fraction of sp³-hybridized carbons (Fsp3) is 0.300. The first-order chi connectivity index (χ1) is 13.0. The largest absolute Gasteiger partial charge is 0.371 e. The maximum atomic E-state index is 11.9. The summed E-state index contributed by atoms with van der Waals surface area (Å²) in [6.07, 6.45) is 6.43. The van der Waals surface area contributed by atoms with Crippen molar-refractivity contribution in [3.8, 4) is 0 Å². The Kier molecular flexibility index (Phi) is 4.70. The monoisotopic (exact) mass is 382 g/mol. The Hall–Kier alpha value is -2.67. The van der Waals surface area contributed by atoms with Crippen molar-refractivity contribution in [3.63, 3.8) is 0 Å². The molecule has 1 aliphatic rings. The number of hydrogen-bond donors (Lipinski definition) is 1. The van der Waals surface area contributed by atoms with Gasteiger partial charge in [-0.1, -0.05) is 6.07 Å². The molecule has 0 atom stereocenters. The van der Waals surface area contributed by atoms with Crippen LogP contribution in [0.3, 0.4) is 0 Å². The summed E-state index contributed by atoms with van der Waals surface area (Å²) in [5.74, 6) is 0.598. The Balaban J connectivity index is 1.69. The Labute approximate surface area is 159 Å². The van der Waals surface area contributed by atoms with E-state index in [1.807, 2.05) is 12.1 Å².